The normalized spacial score (nSPS) is 11.5. The fourth-order valence-electron chi connectivity index (χ4n) is 2.70. The van der Waals surface area contributed by atoms with Gasteiger partial charge in [0.25, 0.3) is 0 Å². The highest BCUT2D eigenvalue weighted by Gasteiger charge is 2.13. The molecule has 1 aromatic carbocycles. The summed E-state index contributed by atoms with van der Waals surface area (Å²) >= 11 is 0. The molecule has 3 rings (SSSR count). The summed E-state index contributed by atoms with van der Waals surface area (Å²) in [6.07, 6.45) is 4.08. The number of benzene rings is 1. The van der Waals surface area contributed by atoms with Crippen molar-refractivity contribution in [2.75, 3.05) is 0 Å². The van der Waals surface area contributed by atoms with Crippen molar-refractivity contribution in [3.05, 3.63) is 62.6 Å². The highest BCUT2D eigenvalue weighted by atomic mass is 16.2. The van der Waals surface area contributed by atoms with Gasteiger partial charge in [0.2, 0.25) is 5.65 Å². The third-order valence-corrected chi connectivity index (χ3v) is 4.19. The predicted octanol–water partition coefficient (Wildman–Crippen LogP) is 2.31. The molecule has 126 valence electrons. The summed E-state index contributed by atoms with van der Waals surface area (Å²) in [5.41, 5.74) is 2.48. The van der Waals surface area contributed by atoms with E-state index in [-0.39, 0.29) is 16.9 Å². The lowest BCUT2D eigenvalue weighted by Crippen LogP contribution is -2.24. The molecule has 0 aliphatic carbocycles. The molecule has 2 heterocycles. The van der Waals surface area contributed by atoms with Gasteiger partial charge in [-0.05, 0) is 43.4 Å². The van der Waals surface area contributed by atoms with Gasteiger partial charge in [0, 0.05) is 18.9 Å². The van der Waals surface area contributed by atoms with Crippen molar-refractivity contribution in [2.45, 2.75) is 40.7 Å². The molecule has 0 radical (unpaired) electrons. The number of fused-ring (bicyclic) bond motifs is 1. The molecule has 3 aromatic rings. The maximum absolute atomic E-state index is 12.8. The molecule has 0 saturated heterocycles. The minimum atomic E-state index is -0.286. The molecule has 6 heteroatoms. The van der Waals surface area contributed by atoms with Gasteiger partial charge in [0.05, 0.1) is 5.69 Å². The van der Waals surface area contributed by atoms with Crippen molar-refractivity contribution in [3.63, 3.8) is 0 Å². The molecular weight excluding hydrogens is 304 g/mol. The molecule has 0 bridgehead atoms. The van der Waals surface area contributed by atoms with E-state index >= 15 is 0 Å². The van der Waals surface area contributed by atoms with Crippen molar-refractivity contribution >= 4 is 5.65 Å². The molecule has 0 saturated carbocycles. The van der Waals surface area contributed by atoms with E-state index in [0.29, 0.717) is 12.5 Å². The quantitative estimate of drug-likeness (QED) is 0.739. The molecule has 0 N–H and O–H groups in total. The lowest BCUT2D eigenvalue weighted by molar-refractivity contribution is 0.478. The Morgan fingerprint density at radius 1 is 1.12 bits per heavy atom. The first-order valence-electron chi connectivity index (χ1n) is 8.17. The van der Waals surface area contributed by atoms with Crippen LogP contribution in [0.25, 0.3) is 11.3 Å². The van der Waals surface area contributed by atoms with Gasteiger partial charge in [0.1, 0.15) is 0 Å². The van der Waals surface area contributed by atoms with Crippen LogP contribution < -0.4 is 11.2 Å². The number of aryl methyl sites for hydroxylation is 3. The summed E-state index contributed by atoms with van der Waals surface area (Å²) in [5.74, 6) is 0.466. The van der Waals surface area contributed by atoms with Gasteiger partial charge in [-0.25, -0.2) is 13.9 Å². The van der Waals surface area contributed by atoms with E-state index in [1.54, 1.807) is 17.0 Å². The average Bonchev–Trinajstić information content (AvgIpc) is 2.86. The minimum absolute atomic E-state index is 0.159. The summed E-state index contributed by atoms with van der Waals surface area (Å²) in [6.45, 7) is 8.64. The summed E-state index contributed by atoms with van der Waals surface area (Å²) in [6, 6.07) is 5.95. The highest BCUT2D eigenvalue weighted by molar-refractivity contribution is 5.46. The number of aromatic nitrogens is 4. The number of hydrogen-bond acceptors (Lipinski definition) is 3. The second-order valence-electron chi connectivity index (χ2n) is 6.65. The Hall–Kier alpha value is -2.63. The summed E-state index contributed by atoms with van der Waals surface area (Å²) < 4.78 is 4.26. The van der Waals surface area contributed by atoms with Gasteiger partial charge in [-0.15, -0.1) is 5.10 Å². The fraction of sp³-hybridized carbons (Fsp3) is 0.389. The second kappa shape index (κ2) is 6.11. The van der Waals surface area contributed by atoms with Gasteiger partial charge in [-0.3, -0.25) is 9.36 Å². The molecule has 0 atom stereocenters. The largest absolute Gasteiger partial charge is 0.350 e. The van der Waals surface area contributed by atoms with Crippen LogP contribution in [0.2, 0.25) is 0 Å². The molecule has 0 fully saturated rings. The van der Waals surface area contributed by atoms with Crippen molar-refractivity contribution in [1.29, 1.82) is 0 Å². The first-order chi connectivity index (χ1) is 11.4. The predicted molar refractivity (Wildman–Crippen MR) is 94.0 cm³/mol. The van der Waals surface area contributed by atoms with Crippen LogP contribution in [0.4, 0.5) is 0 Å². The van der Waals surface area contributed by atoms with Crippen LogP contribution >= 0.6 is 0 Å². The van der Waals surface area contributed by atoms with Crippen molar-refractivity contribution in [2.24, 2.45) is 5.92 Å². The Morgan fingerprint density at radius 2 is 1.88 bits per heavy atom. The second-order valence-corrected chi connectivity index (χ2v) is 6.65. The van der Waals surface area contributed by atoms with Gasteiger partial charge < -0.3 is 0 Å². The van der Waals surface area contributed by atoms with Gasteiger partial charge in [0.15, 0.2) is 0 Å². The smallest absolute Gasteiger partial charge is 0.279 e. The van der Waals surface area contributed by atoms with Gasteiger partial charge >= 0.3 is 11.2 Å². The monoisotopic (exact) mass is 326 g/mol. The molecule has 0 amide bonds. The van der Waals surface area contributed by atoms with E-state index in [1.165, 1.54) is 9.08 Å². The molecule has 2 aromatic heterocycles. The van der Waals surface area contributed by atoms with E-state index < -0.39 is 0 Å². The first-order valence-corrected chi connectivity index (χ1v) is 8.17. The van der Waals surface area contributed by atoms with Crippen LogP contribution in [0.3, 0.4) is 0 Å². The lowest BCUT2D eigenvalue weighted by atomic mass is 10.1. The zero-order valence-corrected chi connectivity index (χ0v) is 14.5. The van der Waals surface area contributed by atoms with E-state index in [9.17, 15) is 9.59 Å². The maximum Gasteiger partial charge on any atom is 0.350 e. The third kappa shape index (κ3) is 2.79. The van der Waals surface area contributed by atoms with E-state index in [2.05, 4.69) is 18.9 Å². The van der Waals surface area contributed by atoms with E-state index in [4.69, 9.17) is 0 Å². The highest BCUT2D eigenvalue weighted by Crippen LogP contribution is 2.14. The Labute approximate surface area is 140 Å². The van der Waals surface area contributed by atoms with E-state index in [1.807, 2.05) is 32.0 Å². The standard InChI is InChI=1S/C18H22N4O2/c1-12(2)7-8-22-18(24)21-10-9-20(17(23)16(21)19-22)15-11-13(3)5-6-14(15)4/h5-6,9-12H,7-8H2,1-4H3. The van der Waals surface area contributed by atoms with Crippen LogP contribution in [0.1, 0.15) is 31.4 Å². The topological polar surface area (TPSA) is 61.3 Å². The molecule has 0 aliphatic heterocycles. The van der Waals surface area contributed by atoms with Crippen LogP contribution in [0.15, 0.2) is 40.2 Å². The SMILES string of the molecule is Cc1ccc(C)c(-n2ccn3c(=O)n(CCC(C)C)nc3c2=O)c1. The summed E-state index contributed by atoms with van der Waals surface area (Å²) in [4.78, 5) is 25.2. The van der Waals surface area contributed by atoms with Crippen LogP contribution in [0, 0.1) is 19.8 Å². The lowest BCUT2D eigenvalue weighted by Gasteiger charge is -2.09. The zero-order chi connectivity index (χ0) is 17.4. The van der Waals surface area contributed by atoms with Gasteiger partial charge in [-0.1, -0.05) is 26.0 Å². The Balaban J connectivity index is 2.16. The molecule has 6 nitrogen and oxygen atoms in total. The molecule has 0 unspecified atom stereocenters. The maximum atomic E-state index is 12.8. The molecular formula is C18H22N4O2. The summed E-state index contributed by atoms with van der Waals surface area (Å²) in [5, 5.41) is 4.26. The third-order valence-electron chi connectivity index (χ3n) is 4.19. The number of nitrogens with zero attached hydrogens (tertiary/aromatic N) is 4. The van der Waals surface area contributed by atoms with E-state index in [0.717, 1.165) is 23.2 Å². The fourth-order valence-corrected chi connectivity index (χ4v) is 2.70. The molecule has 0 spiro atoms. The van der Waals surface area contributed by atoms with Crippen molar-refractivity contribution in [3.8, 4) is 5.69 Å². The number of hydrogen-bond donors (Lipinski definition) is 0. The molecule has 24 heavy (non-hydrogen) atoms. The molecule has 0 aliphatic rings. The average molecular weight is 326 g/mol. The van der Waals surface area contributed by atoms with Crippen molar-refractivity contribution in [1.82, 2.24) is 18.7 Å². The van der Waals surface area contributed by atoms with Crippen molar-refractivity contribution < 1.29 is 0 Å². The Morgan fingerprint density at radius 3 is 2.58 bits per heavy atom. The van der Waals surface area contributed by atoms with Crippen LogP contribution in [-0.4, -0.2) is 18.7 Å². The zero-order valence-electron chi connectivity index (χ0n) is 14.5. The van der Waals surface area contributed by atoms with Gasteiger partial charge in [-0.2, -0.15) is 0 Å². The minimum Gasteiger partial charge on any atom is -0.279 e. The Kier molecular flexibility index (Phi) is 4.13. The summed E-state index contributed by atoms with van der Waals surface area (Å²) in [7, 11) is 0. The Bertz CT molecular complexity index is 1010. The van der Waals surface area contributed by atoms with Crippen LogP contribution in [-0.2, 0) is 6.54 Å². The number of rotatable bonds is 4. The van der Waals surface area contributed by atoms with Crippen LogP contribution in [0.5, 0.6) is 0 Å². The first kappa shape index (κ1) is 16.2.